The van der Waals surface area contributed by atoms with Gasteiger partial charge in [0.2, 0.25) is 0 Å². The summed E-state index contributed by atoms with van der Waals surface area (Å²) in [4.78, 5) is 40.1. The molecule has 0 aromatic rings. The quantitative estimate of drug-likeness (QED) is 0.0410. The zero-order chi connectivity index (χ0) is 33.0. The molecule has 0 saturated carbocycles. The van der Waals surface area contributed by atoms with Gasteiger partial charge in [-0.25, -0.2) is 0 Å². The monoisotopic (exact) mass is 803 g/mol. The second kappa shape index (κ2) is 39.6. The van der Waals surface area contributed by atoms with Gasteiger partial charge in [-0.1, -0.05) is 161 Å². The van der Waals surface area contributed by atoms with E-state index >= 15 is 0 Å². The molecule has 0 aliphatic rings. The van der Waals surface area contributed by atoms with Gasteiger partial charge in [-0.15, -0.1) is 0 Å². The Labute approximate surface area is 312 Å². The second-order valence-corrected chi connectivity index (χ2v) is 16.0. The molecule has 0 bridgehead atoms. The van der Waals surface area contributed by atoms with Crippen molar-refractivity contribution in [2.45, 2.75) is 194 Å². The van der Waals surface area contributed by atoms with Gasteiger partial charge < -0.3 is 28.7 Å². The Morgan fingerprint density at radius 1 is 0.422 bits per heavy atom. The summed E-state index contributed by atoms with van der Waals surface area (Å²) in [6.07, 6.45) is 42.3. The maximum Gasteiger partial charge on any atom is 3.00 e. The minimum absolute atomic E-state index is 0. The molecule has 6 nitrogen and oxygen atoms in total. The van der Waals surface area contributed by atoms with E-state index in [2.05, 4.69) is 38.2 Å². The van der Waals surface area contributed by atoms with Crippen LogP contribution in [0, 0.1) is 40.8 Å². The molecule has 0 rings (SSSR count). The van der Waals surface area contributed by atoms with E-state index in [0.29, 0.717) is 12.8 Å². The molecule has 1 unspecified atom stereocenters. The van der Waals surface area contributed by atoms with Crippen molar-refractivity contribution in [2.24, 2.45) is 0 Å². The molecule has 0 spiro atoms. The van der Waals surface area contributed by atoms with Gasteiger partial charge in [-0.3, -0.25) is 0 Å². The van der Waals surface area contributed by atoms with E-state index in [4.69, 9.17) is 4.89 Å². The second-order valence-electron chi connectivity index (χ2n) is 12.6. The molecule has 1 atom stereocenters. The number of allylic oxidation sites excluding steroid dienone is 4. The van der Waals surface area contributed by atoms with Crippen LogP contribution in [0.25, 0.3) is 0 Å². The van der Waals surface area contributed by atoms with Crippen LogP contribution >= 0.6 is 15.2 Å². The third-order valence-electron chi connectivity index (χ3n) is 7.90. The molecule has 0 aromatic carbocycles. The van der Waals surface area contributed by atoms with Crippen LogP contribution in [-0.2, 0) is 9.13 Å². The Morgan fingerprint density at radius 2 is 0.667 bits per heavy atom. The van der Waals surface area contributed by atoms with E-state index in [0.717, 1.165) is 38.5 Å². The van der Waals surface area contributed by atoms with Crippen molar-refractivity contribution in [2.75, 3.05) is 12.3 Å². The fraction of sp³-hybridized carbons (Fsp3) is 0.889. The Hall–Kier alpha value is 1.13. The molecular formula is C36H71NdO6P2. The first-order valence-corrected chi connectivity index (χ1v) is 21.9. The molecule has 0 aliphatic heterocycles. The summed E-state index contributed by atoms with van der Waals surface area (Å²) in [6.45, 7) is 4.50. The minimum Gasteiger partial charge on any atom is -0.811 e. The molecule has 0 aliphatic carbocycles. The summed E-state index contributed by atoms with van der Waals surface area (Å²) in [6, 6.07) is 0. The first-order chi connectivity index (χ1) is 21.1. The molecule has 1 radical (unpaired) electrons. The van der Waals surface area contributed by atoms with Gasteiger partial charge in [0, 0.05) is 6.16 Å². The van der Waals surface area contributed by atoms with Crippen molar-refractivity contribution < 1.29 is 69.5 Å². The molecule has 0 saturated heterocycles. The molecule has 0 amide bonds. The van der Waals surface area contributed by atoms with E-state index in [-0.39, 0.29) is 53.2 Å². The van der Waals surface area contributed by atoms with Crippen LogP contribution in [0.4, 0.5) is 0 Å². The maximum atomic E-state index is 10.6. The zero-order valence-electron chi connectivity index (χ0n) is 29.4. The molecular weight excluding hydrogens is 735 g/mol. The fourth-order valence-corrected chi connectivity index (χ4v) is 6.35. The Kier molecular flexibility index (Phi) is 44.4. The number of unbranched alkanes of at least 4 members (excludes halogenated alkanes) is 24. The fourth-order valence-electron chi connectivity index (χ4n) is 5.11. The average molecular weight is 806 g/mol. The van der Waals surface area contributed by atoms with Crippen molar-refractivity contribution in [3.63, 3.8) is 0 Å². The van der Waals surface area contributed by atoms with E-state index in [1.54, 1.807) is 0 Å². The predicted octanol–water partition coefficient (Wildman–Crippen LogP) is 10.5. The first kappa shape index (κ1) is 50.5. The van der Waals surface area contributed by atoms with E-state index in [1.807, 2.05) is 0 Å². The molecule has 0 fully saturated rings. The van der Waals surface area contributed by atoms with Gasteiger partial charge in [0.15, 0.2) is 0 Å². The summed E-state index contributed by atoms with van der Waals surface area (Å²) in [5.41, 5.74) is 0. The van der Waals surface area contributed by atoms with Crippen LogP contribution < -0.4 is 14.7 Å². The summed E-state index contributed by atoms with van der Waals surface area (Å²) in [5, 5.41) is 0. The van der Waals surface area contributed by atoms with Crippen LogP contribution in [0.1, 0.15) is 194 Å². The largest absolute Gasteiger partial charge is 3.00 e. The molecule has 1 N–H and O–H groups in total. The molecule has 0 aromatic heterocycles. The standard InChI is InChI=1S/2C18H37O3P.Nd/c2*1-2-3-4-5-6-7-8-9-10-11-12-13-14-15-16-17-18-22(19,20)21;/h2*9-10H,2-8,11-18H2,1H3,(H2,19,20,21);/q;;+3/p-3/b2*10-9-;. The molecule has 0 heterocycles. The summed E-state index contributed by atoms with van der Waals surface area (Å²) in [7, 11) is -8.28. The smallest absolute Gasteiger partial charge is 0.811 e. The van der Waals surface area contributed by atoms with Crippen molar-refractivity contribution in [1.82, 2.24) is 0 Å². The summed E-state index contributed by atoms with van der Waals surface area (Å²) in [5.74, 6) is 0. The SMILES string of the molecule is CCCCCCCC/C=C\CCCCCCCCP(=O)([O-])O.CCCCCCCC/C=C\CCCCCCCCP(=O)([O-])[O-].[Nd+3]. The number of hydrogen-bond donors (Lipinski definition) is 1. The third kappa shape index (κ3) is 54.8. The van der Waals surface area contributed by atoms with Crippen molar-refractivity contribution in [1.29, 1.82) is 0 Å². The molecule has 45 heavy (non-hydrogen) atoms. The van der Waals surface area contributed by atoms with Crippen molar-refractivity contribution >= 4 is 15.2 Å². The normalized spacial score (nSPS) is 13.1. The zero-order valence-corrected chi connectivity index (χ0v) is 34.4. The average Bonchev–Trinajstić information content (AvgIpc) is 2.96. The van der Waals surface area contributed by atoms with Crippen LogP contribution in [0.2, 0.25) is 0 Å². The first-order valence-electron chi connectivity index (χ1n) is 18.5. The van der Waals surface area contributed by atoms with Crippen LogP contribution in [0.5, 0.6) is 0 Å². The van der Waals surface area contributed by atoms with Crippen LogP contribution in [-0.4, -0.2) is 17.2 Å². The van der Waals surface area contributed by atoms with Crippen LogP contribution in [0.15, 0.2) is 24.3 Å². The minimum atomic E-state index is -4.26. The Bertz CT molecular complexity index is 660. The maximum absolute atomic E-state index is 10.6. The third-order valence-corrected chi connectivity index (χ3v) is 9.64. The molecule has 9 heteroatoms. The van der Waals surface area contributed by atoms with Gasteiger partial charge >= 0.3 is 40.8 Å². The van der Waals surface area contributed by atoms with Gasteiger partial charge in [-0.2, -0.15) is 0 Å². The van der Waals surface area contributed by atoms with Crippen LogP contribution in [0.3, 0.4) is 0 Å². The van der Waals surface area contributed by atoms with E-state index in [9.17, 15) is 23.8 Å². The number of rotatable bonds is 32. The topological polar surface area (TPSA) is 124 Å². The Balaban J connectivity index is -0.000000767. The van der Waals surface area contributed by atoms with E-state index < -0.39 is 15.2 Å². The number of hydrogen-bond acceptors (Lipinski definition) is 5. The van der Waals surface area contributed by atoms with Gasteiger partial charge in [0.1, 0.15) is 7.60 Å². The van der Waals surface area contributed by atoms with Gasteiger partial charge in [0.05, 0.1) is 0 Å². The summed E-state index contributed by atoms with van der Waals surface area (Å²) >= 11 is 0. The van der Waals surface area contributed by atoms with Crippen molar-refractivity contribution in [3.8, 4) is 0 Å². The predicted molar refractivity (Wildman–Crippen MR) is 186 cm³/mol. The van der Waals surface area contributed by atoms with E-state index in [1.165, 1.54) is 128 Å². The van der Waals surface area contributed by atoms with Gasteiger partial charge in [-0.05, 0) is 70.4 Å². The summed E-state index contributed by atoms with van der Waals surface area (Å²) < 4.78 is 21.0. The van der Waals surface area contributed by atoms with Gasteiger partial charge in [0.25, 0.3) is 0 Å². The van der Waals surface area contributed by atoms with Crippen molar-refractivity contribution in [3.05, 3.63) is 24.3 Å². The molecule has 265 valence electrons. The Morgan fingerprint density at radius 3 is 0.933 bits per heavy atom.